The molecule has 2 bridgehead atoms. The number of nitrogens with zero attached hydrogens (tertiary/aromatic N) is 2. The number of fused-ring (bicyclic) bond motifs is 1. The molecule has 0 aromatic heterocycles. The van der Waals surface area contributed by atoms with Crippen LogP contribution >= 0.6 is 0 Å². The summed E-state index contributed by atoms with van der Waals surface area (Å²) in [5.74, 6) is -4.68. The highest BCUT2D eigenvalue weighted by Gasteiger charge is 2.45. The minimum atomic E-state index is -1.46. The SMILES string of the molecule is NC(N)=NCCC[C@@H]1NC(=O)[C@@H]2CC[C@H]3CCC[C@@H](NC(=O)[C@H](CC(=O)O)NC(=O)CNC1=O)C(=O)N32. The lowest BCUT2D eigenvalue weighted by Crippen LogP contribution is -2.58. The van der Waals surface area contributed by atoms with Gasteiger partial charge in [-0.25, -0.2) is 0 Å². The summed E-state index contributed by atoms with van der Waals surface area (Å²) in [6.07, 6.45) is 2.35. The van der Waals surface area contributed by atoms with Gasteiger partial charge in [-0.15, -0.1) is 0 Å². The Hall–Kier alpha value is -3.91. The van der Waals surface area contributed by atoms with Crippen LogP contribution in [-0.4, -0.2) is 94.8 Å². The highest BCUT2D eigenvalue weighted by atomic mass is 16.4. The molecule has 3 fully saturated rings. The zero-order valence-corrected chi connectivity index (χ0v) is 20.4. The Morgan fingerprint density at radius 1 is 0.946 bits per heavy atom. The number of aliphatic imine (C=N–C) groups is 1. The largest absolute Gasteiger partial charge is 0.481 e. The second kappa shape index (κ2) is 12.4. The van der Waals surface area contributed by atoms with Crippen molar-refractivity contribution in [1.82, 2.24) is 26.2 Å². The first-order chi connectivity index (χ1) is 17.6. The molecule has 5 amide bonds. The molecule has 0 spiro atoms. The first-order valence-corrected chi connectivity index (χ1v) is 12.3. The predicted molar refractivity (Wildman–Crippen MR) is 128 cm³/mol. The molecule has 3 saturated heterocycles. The maximum Gasteiger partial charge on any atom is 0.305 e. The Morgan fingerprint density at radius 2 is 1.70 bits per heavy atom. The summed E-state index contributed by atoms with van der Waals surface area (Å²) in [6.45, 7) is -0.340. The first kappa shape index (κ1) is 27.7. The molecule has 0 saturated carbocycles. The average Bonchev–Trinajstić information content (AvgIpc) is 3.19. The highest BCUT2D eigenvalue weighted by molar-refractivity contribution is 5.98. The Labute approximate surface area is 213 Å². The molecule has 5 atom stereocenters. The van der Waals surface area contributed by atoms with E-state index in [-0.39, 0.29) is 25.0 Å². The van der Waals surface area contributed by atoms with Gasteiger partial charge in [-0.2, -0.15) is 0 Å². The molecule has 9 N–H and O–H groups in total. The predicted octanol–water partition coefficient (Wildman–Crippen LogP) is -3.36. The smallest absolute Gasteiger partial charge is 0.305 e. The van der Waals surface area contributed by atoms with E-state index in [1.54, 1.807) is 0 Å². The van der Waals surface area contributed by atoms with Crippen molar-refractivity contribution in [3.8, 4) is 0 Å². The van der Waals surface area contributed by atoms with Crippen LogP contribution in [0.1, 0.15) is 51.4 Å². The number of carboxylic acids is 1. The molecule has 3 aliphatic rings. The monoisotopic (exact) mass is 522 g/mol. The lowest BCUT2D eigenvalue weighted by molar-refractivity contribution is -0.144. The van der Waals surface area contributed by atoms with Crippen LogP contribution in [0.3, 0.4) is 0 Å². The molecule has 0 aromatic rings. The van der Waals surface area contributed by atoms with Crippen LogP contribution in [0.2, 0.25) is 0 Å². The number of nitrogens with one attached hydrogen (secondary N) is 4. The normalized spacial score (nSPS) is 29.0. The summed E-state index contributed by atoms with van der Waals surface area (Å²) >= 11 is 0. The molecule has 0 radical (unpaired) electrons. The molecule has 0 aromatic carbocycles. The maximum atomic E-state index is 13.5. The zero-order chi connectivity index (χ0) is 27.1. The highest BCUT2D eigenvalue weighted by Crippen LogP contribution is 2.32. The van der Waals surface area contributed by atoms with E-state index >= 15 is 0 Å². The standard InChI is InChI=1S/C22H34N8O7/c23-22(24)25-8-2-5-12-18(34)26-10-16(31)27-14(9-17(32)33)19(35)29-13-4-1-3-11-6-7-15(20(36)28-12)30(11)21(13)37/h11-15H,1-10H2,(H,26,34)(H,27,31)(H,28,36)(H,29,35)(H,32,33)(H4,23,24,25)/t11-,12+,13-,14+,15+/m1/s1. The van der Waals surface area contributed by atoms with Gasteiger partial charge >= 0.3 is 5.97 Å². The van der Waals surface area contributed by atoms with Crippen LogP contribution in [0.15, 0.2) is 4.99 Å². The molecular formula is C22H34N8O7. The van der Waals surface area contributed by atoms with E-state index < -0.39 is 72.6 Å². The van der Waals surface area contributed by atoms with Crippen molar-refractivity contribution in [2.24, 2.45) is 16.5 Å². The Morgan fingerprint density at radius 3 is 2.41 bits per heavy atom. The van der Waals surface area contributed by atoms with Crippen molar-refractivity contribution < 1.29 is 33.9 Å². The van der Waals surface area contributed by atoms with Crippen molar-refractivity contribution in [2.75, 3.05) is 13.1 Å². The van der Waals surface area contributed by atoms with E-state index in [2.05, 4.69) is 26.3 Å². The van der Waals surface area contributed by atoms with Gasteiger partial charge in [0, 0.05) is 12.6 Å². The Balaban J connectivity index is 1.89. The van der Waals surface area contributed by atoms with Crippen molar-refractivity contribution in [1.29, 1.82) is 0 Å². The van der Waals surface area contributed by atoms with Crippen molar-refractivity contribution in [3.63, 3.8) is 0 Å². The summed E-state index contributed by atoms with van der Waals surface area (Å²) in [7, 11) is 0. The molecule has 37 heavy (non-hydrogen) atoms. The number of carboxylic acid groups (broad SMARTS) is 1. The molecule has 204 valence electrons. The summed E-state index contributed by atoms with van der Waals surface area (Å²) in [6, 6.07) is -4.49. The van der Waals surface area contributed by atoms with Crippen LogP contribution in [0, 0.1) is 0 Å². The van der Waals surface area contributed by atoms with E-state index in [1.807, 2.05) is 0 Å². The molecule has 3 heterocycles. The number of hydrogen-bond acceptors (Lipinski definition) is 7. The summed E-state index contributed by atoms with van der Waals surface area (Å²) in [4.78, 5) is 81.6. The van der Waals surface area contributed by atoms with Gasteiger partial charge in [-0.1, -0.05) is 0 Å². The Bertz CT molecular complexity index is 967. The first-order valence-electron chi connectivity index (χ1n) is 12.3. The maximum absolute atomic E-state index is 13.5. The second-order valence-electron chi connectivity index (χ2n) is 9.43. The van der Waals surface area contributed by atoms with Crippen molar-refractivity contribution in [2.45, 2.75) is 81.6 Å². The minimum Gasteiger partial charge on any atom is -0.481 e. The zero-order valence-electron chi connectivity index (χ0n) is 20.4. The molecule has 15 nitrogen and oxygen atoms in total. The molecule has 0 aliphatic carbocycles. The van der Waals surface area contributed by atoms with Crippen molar-refractivity contribution >= 4 is 41.5 Å². The van der Waals surface area contributed by atoms with E-state index in [0.717, 1.165) is 0 Å². The van der Waals surface area contributed by atoms with E-state index in [0.29, 0.717) is 38.5 Å². The number of carbonyl (C=O) groups is 6. The quantitative estimate of drug-likeness (QED) is 0.105. The topological polar surface area (TPSA) is 238 Å². The minimum absolute atomic E-state index is 0.113. The van der Waals surface area contributed by atoms with Gasteiger partial charge in [0.2, 0.25) is 29.5 Å². The van der Waals surface area contributed by atoms with Gasteiger partial charge in [0.1, 0.15) is 24.2 Å². The third kappa shape index (κ3) is 7.30. The van der Waals surface area contributed by atoms with Crippen LogP contribution in [-0.2, 0) is 28.8 Å². The van der Waals surface area contributed by atoms with Crippen LogP contribution < -0.4 is 32.7 Å². The number of amides is 5. The van der Waals surface area contributed by atoms with Gasteiger partial charge in [0.25, 0.3) is 0 Å². The molecule has 15 heteroatoms. The van der Waals surface area contributed by atoms with Crippen LogP contribution in [0.5, 0.6) is 0 Å². The number of carbonyl (C=O) groups excluding carboxylic acids is 5. The van der Waals surface area contributed by atoms with Gasteiger partial charge < -0.3 is 42.7 Å². The third-order valence-electron chi connectivity index (χ3n) is 6.74. The van der Waals surface area contributed by atoms with Gasteiger partial charge in [0.05, 0.1) is 13.0 Å². The van der Waals surface area contributed by atoms with Crippen LogP contribution in [0.25, 0.3) is 0 Å². The van der Waals surface area contributed by atoms with E-state index in [4.69, 9.17) is 11.5 Å². The lowest BCUT2D eigenvalue weighted by Gasteiger charge is -2.31. The van der Waals surface area contributed by atoms with Crippen molar-refractivity contribution in [3.05, 3.63) is 0 Å². The van der Waals surface area contributed by atoms with E-state index in [1.165, 1.54) is 4.90 Å². The summed E-state index contributed by atoms with van der Waals surface area (Å²) < 4.78 is 0. The summed E-state index contributed by atoms with van der Waals surface area (Å²) in [5, 5.41) is 19.2. The Kier molecular flexibility index (Phi) is 9.25. The number of rotatable bonds is 6. The van der Waals surface area contributed by atoms with E-state index in [9.17, 15) is 33.9 Å². The summed E-state index contributed by atoms with van der Waals surface area (Å²) in [5.41, 5.74) is 10.7. The molecule has 0 unspecified atom stereocenters. The number of guanidine groups is 1. The molecule has 3 aliphatic heterocycles. The van der Waals surface area contributed by atoms with Gasteiger partial charge in [-0.05, 0) is 44.9 Å². The average molecular weight is 523 g/mol. The fraction of sp³-hybridized carbons (Fsp3) is 0.682. The third-order valence-corrected chi connectivity index (χ3v) is 6.74. The molecule has 3 rings (SSSR count). The number of nitrogens with two attached hydrogens (primary N) is 2. The fourth-order valence-corrected chi connectivity index (χ4v) is 4.98. The number of aliphatic carboxylic acids is 1. The van der Waals surface area contributed by atoms with Crippen LogP contribution in [0.4, 0.5) is 0 Å². The lowest BCUT2D eigenvalue weighted by atomic mass is 10.0. The second-order valence-corrected chi connectivity index (χ2v) is 9.43. The van der Waals surface area contributed by atoms with Gasteiger partial charge in [-0.3, -0.25) is 33.8 Å². The van der Waals surface area contributed by atoms with Gasteiger partial charge in [0.15, 0.2) is 5.96 Å². The number of hydrogen-bond donors (Lipinski definition) is 7. The fourth-order valence-electron chi connectivity index (χ4n) is 4.98. The molecular weight excluding hydrogens is 488 g/mol.